The molecular weight excluding hydrogens is 182 g/mol. The number of hydrogen-bond acceptors (Lipinski definition) is 3. The Bertz CT molecular complexity index is 169. The van der Waals surface area contributed by atoms with E-state index in [1.54, 1.807) is 0 Å². The molecule has 0 aliphatic heterocycles. The monoisotopic (exact) mass is 203 g/mol. The number of hydrogen-bond donors (Lipinski definition) is 1. The molecule has 0 aliphatic rings. The largest absolute Gasteiger partial charge is 0.480 e. The molecule has 0 fully saturated rings. The number of nitrogens with zero attached hydrogens (tertiary/aromatic N) is 1. The third-order valence-corrected chi connectivity index (χ3v) is 2.62. The normalized spacial score (nSPS) is 13.6. The molecule has 0 saturated heterocycles. The van der Waals surface area contributed by atoms with Crippen molar-refractivity contribution >= 4 is 5.97 Å². The van der Waals surface area contributed by atoms with Crippen molar-refractivity contribution in [3.63, 3.8) is 0 Å². The number of carboxylic acids is 1. The number of aliphatic carboxylic acids is 1. The second-order valence-electron chi connectivity index (χ2n) is 3.45. The standard InChI is InChI=1S/C10H21NO3/c1-5-8(6-2)11(3)9(7-14-4)10(12)13/h8-9H,5-7H2,1-4H3,(H,12,13). The first-order valence-corrected chi connectivity index (χ1v) is 5.02. The number of carbonyl (C=O) groups is 1. The maximum Gasteiger partial charge on any atom is 0.323 e. The predicted octanol–water partition coefficient (Wildman–Crippen LogP) is 1.21. The third kappa shape index (κ3) is 3.64. The molecule has 84 valence electrons. The molecule has 0 spiro atoms. The summed E-state index contributed by atoms with van der Waals surface area (Å²) in [6.45, 7) is 4.37. The zero-order valence-corrected chi connectivity index (χ0v) is 9.49. The van der Waals surface area contributed by atoms with Crippen molar-refractivity contribution in [1.82, 2.24) is 4.90 Å². The zero-order valence-electron chi connectivity index (χ0n) is 9.49. The topological polar surface area (TPSA) is 49.8 Å². The van der Waals surface area contributed by atoms with Gasteiger partial charge in [0.05, 0.1) is 6.61 Å². The summed E-state index contributed by atoms with van der Waals surface area (Å²) in [5.74, 6) is -0.818. The average Bonchev–Trinajstić information content (AvgIpc) is 2.15. The van der Waals surface area contributed by atoms with Crippen molar-refractivity contribution in [1.29, 1.82) is 0 Å². The maximum atomic E-state index is 10.9. The molecule has 0 aliphatic carbocycles. The van der Waals surface area contributed by atoms with Crippen molar-refractivity contribution in [2.24, 2.45) is 0 Å². The number of methoxy groups -OCH3 is 1. The Morgan fingerprint density at radius 2 is 1.93 bits per heavy atom. The van der Waals surface area contributed by atoms with Gasteiger partial charge in [-0.15, -0.1) is 0 Å². The second-order valence-corrected chi connectivity index (χ2v) is 3.45. The van der Waals surface area contributed by atoms with Crippen LogP contribution in [0.4, 0.5) is 0 Å². The van der Waals surface area contributed by atoms with Crippen LogP contribution in [0.5, 0.6) is 0 Å². The Hall–Kier alpha value is -0.610. The van der Waals surface area contributed by atoms with E-state index >= 15 is 0 Å². The van der Waals surface area contributed by atoms with Crippen LogP contribution in [0, 0.1) is 0 Å². The summed E-state index contributed by atoms with van der Waals surface area (Å²) in [5, 5.41) is 8.99. The number of rotatable bonds is 7. The fourth-order valence-corrected chi connectivity index (χ4v) is 1.64. The quantitative estimate of drug-likeness (QED) is 0.675. The van der Waals surface area contributed by atoms with Gasteiger partial charge in [0, 0.05) is 13.2 Å². The summed E-state index contributed by atoms with van der Waals surface area (Å²) in [6.07, 6.45) is 1.92. The minimum absolute atomic E-state index is 0.238. The van der Waals surface area contributed by atoms with Gasteiger partial charge >= 0.3 is 5.97 Å². The molecule has 0 aromatic heterocycles. The maximum absolute atomic E-state index is 10.9. The van der Waals surface area contributed by atoms with Crippen LogP contribution in [0.3, 0.4) is 0 Å². The SMILES string of the molecule is CCC(CC)N(C)C(COC)C(=O)O. The molecule has 0 rings (SSSR count). The molecule has 1 unspecified atom stereocenters. The van der Waals surface area contributed by atoms with E-state index in [2.05, 4.69) is 13.8 Å². The van der Waals surface area contributed by atoms with Gasteiger partial charge in [-0.05, 0) is 19.9 Å². The lowest BCUT2D eigenvalue weighted by Crippen LogP contribution is -2.46. The van der Waals surface area contributed by atoms with E-state index < -0.39 is 12.0 Å². The Balaban J connectivity index is 4.39. The van der Waals surface area contributed by atoms with Gasteiger partial charge in [-0.1, -0.05) is 13.8 Å². The van der Waals surface area contributed by atoms with Gasteiger partial charge < -0.3 is 9.84 Å². The van der Waals surface area contributed by atoms with Crippen molar-refractivity contribution in [2.45, 2.75) is 38.8 Å². The Kier molecular flexibility index (Phi) is 6.49. The molecule has 0 radical (unpaired) electrons. The average molecular weight is 203 g/mol. The molecular formula is C10H21NO3. The molecule has 1 atom stereocenters. The Labute approximate surface area is 85.9 Å². The van der Waals surface area contributed by atoms with Gasteiger partial charge in [-0.2, -0.15) is 0 Å². The van der Waals surface area contributed by atoms with Crippen molar-refractivity contribution in [3.8, 4) is 0 Å². The smallest absolute Gasteiger partial charge is 0.323 e. The van der Waals surface area contributed by atoms with E-state index in [1.807, 2.05) is 11.9 Å². The summed E-state index contributed by atoms with van der Waals surface area (Å²) >= 11 is 0. The van der Waals surface area contributed by atoms with Crippen LogP contribution < -0.4 is 0 Å². The van der Waals surface area contributed by atoms with Crippen LogP contribution in [0.25, 0.3) is 0 Å². The Morgan fingerprint density at radius 1 is 1.43 bits per heavy atom. The Morgan fingerprint density at radius 3 is 2.21 bits per heavy atom. The highest BCUT2D eigenvalue weighted by Crippen LogP contribution is 2.10. The first kappa shape index (κ1) is 13.4. The summed E-state index contributed by atoms with van der Waals surface area (Å²) in [5.41, 5.74) is 0. The molecule has 1 N–H and O–H groups in total. The van der Waals surface area contributed by atoms with Gasteiger partial charge in [0.1, 0.15) is 6.04 Å². The summed E-state index contributed by atoms with van der Waals surface area (Å²) in [4.78, 5) is 12.8. The van der Waals surface area contributed by atoms with Crippen molar-refractivity contribution in [3.05, 3.63) is 0 Å². The van der Waals surface area contributed by atoms with Gasteiger partial charge in [-0.3, -0.25) is 9.69 Å². The fourth-order valence-electron chi connectivity index (χ4n) is 1.64. The van der Waals surface area contributed by atoms with Crippen LogP contribution in [0.15, 0.2) is 0 Å². The van der Waals surface area contributed by atoms with Gasteiger partial charge in [0.25, 0.3) is 0 Å². The van der Waals surface area contributed by atoms with Crippen molar-refractivity contribution < 1.29 is 14.6 Å². The van der Waals surface area contributed by atoms with Gasteiger partial charge in [-0.25, -0.2) is 0 Å². The fraction of sp³-hybridized carbons (Fsp3) is 0.900. The van der Waals surface area contributed by atoms with Crippen LogP contribution in [0.1, 0.15) is 26.7 Å². The molecule has 0 bridgehead atoms. The number of likely N-dealkylation sites (N-methyl/N-ethyl adjacent to an activating group) is 1. The lowest BCUT2D eigenvalue weighted by atomic mass is 10.1. The second kappa shape index (κ2) is 6.79. The summed E-state index contributed by atoms with van der Waals surface area (Å²) < 4.78 is 4.90. The lowest BCUT2D eigenvalue weighted by molar-refractivity contribution is -0.145. The van der Waals surface area contributed by atoms with Gasteiger partial charge in [0.2, 0.25) is 0 Å². The van der Waals surface area contributed by atoms with E-state index in [1.165, 1.54) is 7.11 Å². The molecule has 14 heavy (non-hydrogen) atoms. The minimum atomic E-state index is -0.818. The summed E-state index contributed by atoms with van der Waals surface area (Å²) in [7, 11) is 3.37. The first-order valence-electron chi connectivity index (χ1n) is 5.02. The highest BCUT2D eigenvalue weighted by Gasteiger charge is 2.26. The molecule has 4 nitrogen and oxygen atoms in total. The van der Waals surface area contributed by atoms with E-state index in [-0.39, 0.29) is 6.61 Å². The zero-order chi connectivity index (χ0) is 11.1. The molecule has 0 aromatic rings. The summed E-state index contributed by atoms with van der Waals surface area (Å²) in [6, 6.07) is -0.226. The van der Waals surface area contributed by atoms with E-state index in [0.717, 1.165) is 12.8 Å². The third-order valence-electron chi connectivity index (χ3n) is 2.62. The predicted molar refractivity (Wildman–Crippen MR) is 55.4 cm³/mol. The van der Waals surface area contributed by atoms with Crippen LogP contribution in [-0.2, 0) is 9.53 Å². The number of ether oxygens (including phenoxy) is 1. The number of carboxylic acid groups (broad SMARTS) is 1. The van der Waals surface area contributed by atoms with Crippen LogP contribution in [-0.4, -0.2) is 48.8 Å². The minimum Gasteiger partial charge on any atom is -0.480 e. The molecule has 0 heterocycles. The molecule has 4 heteroatoms. The molecule has 0 aromatic carbocycles. The highest BCUT2D eigenvalue weighted by atomic mass is 16.5. The van der Waals surface area contributed by atoms with E-state index in [9.17, 15) is 4.79 Å². The van der Waals surface area contributed by atoms with Crippen molar-refractivity contribution in [2.75, 3.05) is 20.8 Å². The molecule has 0 saturated carbocycles. The molecule has 0 amide bonds. The highest BCUT2D eigenvalue weighted by molar-refractivity contribution is 5.73. The first-order chi connectivity index (χ1) is 6.58. The van der Waals surface area contributed by atoms with E-state index in [4.69, 9.17) is 9.84 Å². The van der Waals surface area contributed by atoms with Gasteiger partial charge in [0.15, 0.2) is 0 Å². The van der Waals surface area contributed by atoms with Crippen LogP contribution in [0.2, 0.25) is 0 Å². The lowest BCUT2D eigenvalue weighted by Gasteiger charge is -2.31. The van der Waals surface area contributed by atoms with E-state index in [0.29, 0.717) is 6.04 Å². The van der Waals surface area contributed by atoms with Crippen LogP contribution >= 0.6 is 0 Å².